The van der Waals surface area contributed by atoms with Gasteiger partial charge in [-0.15, -0.1) is 0 Å². The molecule has 0 aromatic heterocycles. The van der Waals surface area contributed by atoms with Crippen LogP contribution in [0.5, 0.6) is 0 Å². The molecule has 0 saturated carbocycles. The predicted molar refractivity (Wildman–Crippen MR) is 107 cm³/mol. The molecule has 0 spiro atoms. The van der Waals surface area contributed by atoms with Gasteiger partial charge in [-0.1, -0.05) is 54.1 Å². The molecule has 3 aromatic carbocycles. The van der Waals surface area contributed by atoms with Crippen LogP contribution in [0, 0.1) is 11.3 Å². The topological polar surface area (TPSA) is 79.2 Å². The molecule has 1 N–H and O–H groups in total. The fourth-order valence-corrected chi connectivity index (χ4v) is 2.75. The minimum atomic E-state index is -0.590. The molecule has 3 aromatic rings. The van der Waals surface area contributed by atoms with E-state index >= 15 is 0 Å². The van der Waals surface area contributed by atoms with Crippen molar-refractivity contribution < 1.29 is 14.3 Å². The summed E-state index contributed by atoms with van der Waals surface area (Å²) in [6, 6.07) is 23.2. The van der Waals surface area contributed by atoms with E-state index in [4.69, 9.17) is 21.6 Å². The van der Waals surface area contributed by atoms with Gasteiger partial charge in [0.2, 0.25) is 0 Å². The minimum Gasteiger partial charge on any atom is -0.452 e. The summed E-state index contributed by atoms with van der Waals surface area (Å²) in [5, 5.41) is 11.6. The van der Waals surface area contributed by atoms with Crippen LogP contribution in [0.25, 0.3) is 11.1 Å². The van der Waals surface area contributed by atoms with E-state index in [1.165, 1.54) is 12.1 Å². The molecule has 138 valence electrons. The quantitative estimate of drug-likeness (QED) is 0.642. The molecule has 0 aliphatic carbocycles. The maximum atomic E-state index is 12.1. The number of halogens is 1. The van der Waals surface area contributed by atoms with E-state index in [1.807, 2.05) is 48.5 Å². The molecular weight excluding hydrogens is 376 g/mol. The van der Waals surface area contributed by atoms with Gasteiger partial charge in [-0.25, -0.2) is 4.79 Å². The number of nitriles is 1. The van der Waals surface area contributed by atoms with Gasteiger partial charge in [-0.05, 0) is 41.5 Å². The van der Waals surface area contributed by atoms with Gasteiger partial charge >= 0.3 is 5.97 Å². The van der Waals surface area contributed by atoms with Crippen molar-refractivity contribution in [2.24, 2.45) is 0 Å². The molecule has 0 heterocycles. The van der Waals surface area contributed by atoms with Crippen LogP contribution in [0.1, 0.15) is 15.9 Å². The molecule has 0 fully saturated rings. The SMILES string of the molecule is N#Cc1ccc(NC(=O)COC(=O)c2ccc(-c3ccccc3)cc2)cc1Cl. The highest BCUT2D eigenvalue weighted by Gasteiger charge is 2.11. The number of carbonyl (C=O) groups is 2. The standard InChI is InChI=1S/C22H15ClN2O3/c23-20-12-19(11-10-18(20)13-24)25-21(26)14-28-22(27)17-8-6-16(7-9-17)15-4-2-1-3-5-15/h1-12H,14H2,(H,25,26). The number of hydrogen-bond donors (Lipinski definition) is 1. The maximum Gasteiger partial charge on any atom is 0.338 e. The van der Waals surface area contributed by atoms with Crippen LogP contribution < -0.4 is 5.32 Å². The molecule has 0 radical (unpaired) electrons. The van der Waals surface area contributed by atoms with E-state index in [0.29, 0.717) is 16.8 Å². The molecule has 3 rings (SSSR count). The number of benzene rings is 3. The second-order valence-electron chi connectivity index (χ2n) is 5.87. The lowest BCUT2D eigenvalue weighted by Crippen LogP contribution is -2.20. The average Bonchev–Trinajstić information content (AvgIpc) is 2.73. The summed E-state index contributed by atoms with van der Waals surface area (Å²) in [5.41, 5.74) is 3.10. The Morgan fingerprint density at radius 3 is 2.29 bits per heavy atom. The highest BCUT2D eigenvalue weighted by Crippen LogP contribution is 2.21. The Bertz CT molecular complexity index is 1040. The summed E-state index contributed by atoms with van der Waals surface area (Å²) < 4.78 is 5.05. The number of hydrogen-bond acceptors (Lipinski definition) is 4. The normalized spacial score (nSPS) is 10.0. The largest absolute Gasteiger partial charge is 0.452 e. The lowest BCUT2D eigenvalue weighted by atomic mass is 10.0. The molecule has 0 saturated heterocycles. The van der Waals surface area contributed by atoms with Gasteiger partial charge in [0.25, 0.3) is 5.91 Å². The van der Waals surface area contributed by atoms with Crippen molar-refractivity contribution in [2.75, 3.05) is 11.9 Å². The summed E-state index contributed by atoms with van der Waals surface area (Å²) in [6.07, 6.45) is 0. The Kier molecular flexibility index (Phi) is 6.05. The lowest BCUT2D eigenvalue weighted by Gasteiger charge is -2.08. The lowest BCUT2D eigenvalue weighted by molar-refractivity contribution is -0.119. The van der Waals surface area contributed by atoms with Crippen LogP contribution in [-0.4, -0.2) is 18.5 Å². The van der Waals surface area contributed by atoms with Crippen molar-refractivity contribution in [2.45, 2.75) is 0 Å². The Labute approximate surface area is 167 Å². The molecule has 1 amide bonds. The third-order valence-electron chi connectivity index (χ3n) is 3.94. The van der Waals surface area contributed by atoms with E-state index in [1.54, 1.807) is 18.2 Å². The van der Waals surface area contributed by atoms with Gasteiger partial charge in [0.05, 0.1) is 16.1 Å². The van der Waals surface area contributed by atoms with Crippen molar-refractivity contribution in [1.82, 2.24) is 0 Å². The Morgan fingerprint density at radius 2 is 1.64 bits per heavy atom. The number of rotatable bonds is 5. The molecule has 0 aliphatic rings. The first-order valence-corrected chi connectivity index (χ1v) is 8.77. The zero-order valence-corrected chi connectivity index (χ0v) is 15.4. The summed E-state index contributed by atoms with van der Waals surface area (Å²) in [5.74, 6) is -1.09. The summed E-state index contributed by atoms with van der Waals surface area (Å²) in [6.45, 7) is -0.434. The van der Waals surface area contributed by atoms with Gasteiger partial charge in [0, 0.05) is 5.69 Å². The zero-order valence-electron chi connectivity index (χ0n) is 14.7. The van der Waals surface area contributed by atoms with Crippen molar-refractivity contribution >= 4 is 29.2 Å². The van der Waals surface area contributed by atoms with E-state index < -0.39 is 18.5 Å². The first kappa shape index (κ1) is 19.2. The summed E-state index contributed by atoms with van der Waals surface area (Å²) >= 11 is 5.92. The molecule has 5 nitrogen and oxygen atoms in total. The fourth-order valence-electron chi connectivity index (χ4n) is 2.52. The van der Waals surface area contributed by atoms with Crippen LogP contribution >= 0.6 is 11.6 Å². The van der Waals surface area contributed by atoms with Crippen LogP contribution in [0.2, 0.25) is 5.02 Å². The van der Waals surface area contributed by atoms with Crippen LogP contribution in [0.15, 0.2) is 72.8 Å². The number of nitrogens with zero attached hydrogens (tertiary/aromatic N) is 1. The number of amides is 1. The molecule has 0 bridgehead atoms. The van der Waals surface area contributed by atoms with Gasteiger partial charge in [0.15, 0.2) is 6.61 Å². The third kappa shape index (κ3) is 4.76. The number of nitrogens with one attached hydrogen (secondary N) is 1. The van der Waals surface area contributed by atoms with Gasteiger partial charge in [-0.2, -0.15) is 5.26 Å². The van der Waals surface area contributed by atoms with E-state index in [-0.39, 0.29) is 5.02 Å². The van der Waals surface area contributed by atoms with Crippen molar-refractivity contribution in [3.63, 3.8) is 0 Å². The Balaban J connectivity index is 1.55. The number of ether oxygens (including phenoxy) is 1. The Morgan fingerprint density at radius 1 is 0.964 bits per heavy atom. The van der Waals surface area contributed by atoms with Crippen LogP contribution in [0.3, 0.4) is 0 Å². The highest BCUT2D eigenvalue weighted by atomic mass is 35.5. The van der Waals surface area contributed by atoms with E-state index in [2.05, 4.69) is 5.32 Å². The average molecular weight is 391 g/mol. The number of anilines is 1. The zero-order chi connectivity index (χ0) is 19.9. The second-order valence-corrected chi connectivity index (χ2v) is 6.28. The van der Waals surface area contributed by atoms with Crippen LogP contribution in [0.4, 0.5) is 5.69 Å². The third-order valence-corrected chi connectivity index (χ3v) is 4.25. The number of esters is 1. The highest BCUT2D eigenvalue weighted by molar-refractivity contribution is 6.32. The maximum absolute atomic E-state index is 12.1. The first-order chi connectivity index (χ1) is 13.6. The first-order valence-electron chi connectivity index (χ1n) is 8.39. The van der Waals surface area contributed by atoms with Gasteiger partial charge in [-0.3, -0.25) is 4.79 Å². The van der Waals surface area contributed by atoms with Crippen LogP contribution in [-0.2, 0) is 9.53 Å². The fraction of sp³-hybridized carbons (Fsp3) is 0.0455. The smallest absolute Gasteiger partial charge is 0.338 e. The van der Waals surface area contributed by atoms with E-state index in [9.17, 15) is 9.59 Å². The molecule has 0 aliphatic heterocycles. The van der Waals surface area contributed by atoms with Gasteiger partial charge in [0.1, 0.15) is 6.07 Å². The van der Waals surface area contributed by atoms with Crippen molar-refractivity contribution in [3.8, 4) is 17.2 Å². The molecule has 0 unspecified atom stereocenters. The molecule has 28 heavy (non-hydrogen) atoms. The van der Waals surface area contributed by atoms with Crippen molar-refractivity contribution in [1.29, 1.82) is 5.26 Å². The second kappa shape index (κ2) is 8.85. The molecule has 0 atom stereocenters. The monoisotopic (exact) mass is 390 g/mol. The number of carbonyl (C=O) groups excluding carboxylic acids is 2. The Hall–Kier alpha value is -3.62. The van der Waals surface area contributed by atoms with Crippen molar-refractivity contribution in [3.05, 3.63) is 88.9 Å². The summed E-state index contributed by atoms with van der Waals surface area (Å²) in [7, 11) is 0. The molecular formula is C22H15ClN2O3. The predicted octanol–water partition coefficient (Wildman–Crippen LogP) is 4.67. The summed E-state index contributed by atoms with van der Waals surface area (Å²) in [4.78, 5) is 24.1. The molecule has 6 heteroatoms. The van der Waals surface area contributed by atoms with Gasteiger partial charge < -0.3 is 10.1 Å². The van der Waals surface area contributed by atoms with E-state index in [0.717, 1.165) is 11.1 Å². The minimum absolute atomic E-state index is 0.232.